The molecule has 0 spiro atoms. The molecule has 0 saturated carbocycles. The van der Waals surface area contributed by atoms with Gasteiger partial charge in [0.15, 0.2) is 0 Å². The topological polar surface area (TPSA) is 116 Å². The molecule has 0 aromatic rings. The van der Waals surface area contributed by atoms with Crippen LogP contribution in [0.25, 0.3) is 0 Å². The molecule has 1 aliphatic rings. The molecule has 0 aromatic heterocycles. The number of hydrogen-bond acceptors (Lipinski definition) is 5. The van der Waals surface area contributed by atoms with Gasteiger partial charge < -0.3 is 14.7 Å². The number of unbranched alkanes of at least 4 members (excludes halogenated alkanes) is 8. The molecule has 0 aromatic carbocycles. The highest BCUT2D eigenvalue weighted by Crippen LogP contribution is 2.58. The largest absolute Gasteiger partial charge is 0.481 e. The molecule has 0 radical (unpaired) electrons. The first kappa shape index (κ1) is 33.7. The van der Waals surface area contributed by atoms with E-state index < -0.39 is 15.6 Å². The minimum absolute atomic E-state index is 0.0910. The summed E-state index contributed by atoms with van der Waals surface area (Å²) in [6.45, 7) is 11.5. The Morgan fingerprint density at radius 1 is 0.917 bits per heavy atom. The smallest absolute Gasteiger partial charge is 0.302 e. The molecule has 1 heterocycles. The van der Waals surface area contributed by atoms with Crippen LogP contribution in [0.15, 0.2) is 23.3 Å². The maximum Gasteiger partial charge on any atom is 0.481 e. The summed E-state index contributed by atoms with van der Waals surface area (Å²) < 4.78 is 31.8. The highest BCUT2D eigenvalue weighted by molar-refractivity contribution is 7.60. The molecule has 36 heavy (non-hydrogen) atoms. The predicted molar refractivity (Wildman–Crippen MR) is 147 cm³/mol. The zero-order chi connectivity index (χ0) is 27.2. The van der Waals surface area contributed by atoms with Gasteiger partial charge in [-0.3, -0.25) is 9.42 Å². The molecule has 0 amide bonds. The van der Waals surface area contributed by atoms with E-state index in [-0.39, 0.29) is 18.2 Å². The molecule has 4 atom stereocenters. The fourth-order valence-electron chi connectivity index (χ4n) is 4.79. The number of allylic oxidation sites excluding steroid dienone is 4. The third-order valence-electron chi connectivity index (χ3n) is 7.02. The number of nitrogens with zero attached hydrogens (tertiary/aromatic N) is 1. The van der Waals surface area contributed by atoms with Crippen LogP contribution in [-0.2, 0) is 18.0 Å². The highest BCUT2D eigenvalue weighted by Gasteiger charge is 2.58. The van der Waals surface area contributed by atoms with Crippen molar-refractivity contribution in [3.63, 3.8) is 0 Å². The molecule has 1 aliphatic heterocycles. The Labute approximate surface area is 219 Å². The van der Waals surface area contributed by atoms with Crippen molar-refractivity contribution >= 4 is 15.6 Å². The van der Waals surface area contributed by atoms with E-state index in [9.17, 15) is 14.0 Å². The van der Waals surface area contributed by atoms with Crippen molar-refractivity contribution in [3.05, 3.63) is 23.3 Å². The quantitative estimate of drug-likeness (QED) is 0.0576. The lowest BCUT2D eigenvalue weighted by atomic mass is 9.99. The molecule has 1 saturated heterocycles. The fraction of sp³-hybridized carbons (Fsp3) is 0.846. The van der Waals surface area contributed by atoms with Crippen molar-refractivity contribution in [1.82, 2.24) is 4.90 Å². The van der Waals surface area contributed by atoms with E-state index in [1.165, 1.54) is 56.1 Å². The fourth-order valence-corrected chi connectivity index (χ4v) is 6.38. The molecule has 3 N–H and O–H groups in total. The molecular formula is C26H51NO7P2. The van der Waals surface area contributed by atoms with E-state index in [0.717, 1.165) is 45.1 Å². The summed E-state index contributed by atoms with van der Waals surface area (Å²) in [4.78, 5) is 29.7. The van der Waals surface area contributed by atoms with Crippen LogP contribution in [0, 0.1) is 0 Å². The average Bonchev–Trinajstić information content (AvgIpc) is 3.31. The Morgan fingerprint density at radius 3 is 2.06 bits per heavy atom. The second-order valence-corrected chi connectivity index (χ2v) is 13.5. The van der Waals surface area contributed by atoms with Crippen LogP contribution in [0.3, 0.4) is 0 Å². The standard InChI is InChI=1S/C26H51NO7P2/c1-6-7-8-9-10-11-12-13-14-21-27-25(22-33-36(31,32)34-35(28,29)30)26(27,5)20-16-19-24(4)18-15-17-23(2)3/h17,19,25H,6-16,18,20-22H2,1-5H3,(H,31,32)(H2,28,29,30)/b24-19+/t25-,26-,27?/m0/s1. The van der Waals surface area contributed by atoms with Crippen LogP contribution in [-0.4, -0.2) is 44.3 Å². The molecule has 0 bridgehead atoms. The molecule has 8 nitrogen and oxygen atoms in total. The first-order chi connectivity index (χ1) is 16.8. The SMILES string of the molecule is CCCCCCCCCCCN1[C@@H](COP(=O)(O)OP(=O)(O)O)[C@]1(C)CC/C=C(\C)CCC=C(C)C. The summed E-state index contributed by atoms with van der Waals surface area (Å²) in [5.41, 5.74) is 2.50. The van der Waals surface area contributed by atoms with E-state index in [4.69, 9.17) is 14.3 Å². The molecular weight excluding hydrogens is 500 g/mol. The van der Waals surface area contributed by atoms with E-state index in [0.29, 0.717) is 0 Å². The van der Waals surface area contributed by atoms with E-state index in [1.807, 2.05) is 0 Å². The minimum atomic E-state index is -5.12. The van der Waals surface area contributed by atoms with Gasteiger partial charge in [0.2, 0.25) is 0 Å². The van der Waals surface area contributed by atoms with E-state index in [1.54, 1.807) is 0 Å². The van der Waals surface area contributed by atoms with E-state index >= 15 is 0 Å². The van der Waals surface area contributed by atoms with Crippen molar-refractivity contribution in [1.29, 1.82) is 0 Å². The third kappa shape index (κ3) is 14.6. The van der Waals surface area contributed by atoms with Crippen molar-refractivity contribution < 1.29 is 32.6 Å². The molecule has 1 rings (SSSR count). The van der Waals surface area contributed by atoms with Crippen LogP contribution in [0.1, 0.15) is 118 Å². The minimum Gasteiger partial charge on any atom is -0.302 e. The van der Waals surface area contributed by atoms with Gasteiger partial charge in [-0.25, -0.2) is 9.13 Å². The van der Waals surface area contributed by atoms with Gasteiger partial charge in [0.1, 0.15) is 0 Å². The zero-order valence-corrected chi connectivity index (χ0v) is 24.9. The lowest BCUT2D eigenvalue weighted by Gasteiger charge is -2.13. The van der Waals surface area contributed by atoms with Crippen molar-refractivity contribution in [2.75, 3.05) is 13.2 Å². The average molecular weight is 552 g/mol. The molecule has 10 heteroatoms. The Kier molecular flexibility index (Phi) is 15.6. The second-order valence-electron chi connectivity index (χ2n) is 10.6. The second kappa shape index (κ2) is 16.6. The predicted octanol–water partition coefficient (Wildman–Crippen LogP) is 7.66. The van der Waals surface area contributed by atoms with E-state index in [2.05, 4.69) is 56.0 Å². The van der Waals surface area contributed by atoms with Gasteiger partial charge in [0.05, 0.1) is 12.6 Å². The number of hydrogen-bond donors (Lipinski definition) is 3. The van der Waals surface area contributed by atoms with Crippen molar-refractivity contribution in [3.8, 4) is 0 Å². The summed E-state index contributed by atoms with van der Waals surface area (Å²) >= 11 is 0. The van der Waals surface area contributed by atoms with Crippen LogP contribution < -0.4 is 0 Å². The van der Waals surface area contributed by atoms with Crippen molar-refractivity contribution in [2.45, 2.75) is 130 Å². The lowest BCUT2D eigenvalue weighted by molar-refractivity contribution is 0.173. The first-order valence-corrected chi connectivity index (χ1v) is 16.6. The van der Waals surface area contributed by atoms with Crippen LogP contribution in [0.5, 0.6) is 0 Å². The van der Waals surface area contributed by atoms with Crippen LogP contribution in [0.2, 0.25) is 0 Å². The Balaban J connectivity index is 2.57. The van der Waals surface area contributed by atoms with Gasteiger partial charge in [0, 0.05) is 5.54 Å². The Morgan fingerprint density at radius 2 is 1.50 bits per heavy atom. The van der Waals surface area contributed by atoms with Gasteiger partial charge in [-0.2, -0.15) is 4.31 Å². The summed E-state index contributed by atoms with van der Waals surface area (Å²) in [6, 6.07) is -0.0910. The normalized spacial score (nSPS) is 23.9. The van der Waals surface area contributed by atoms with Gasteiger partial charge >= 0.3 is 15.6 Å². The number of phosphoric ester groups is 1. The maximum atomic E-state index is 11.9. The van der Waals surface area contributed by atoms with Crippen molar-refractivity contribution in [2.24, 2.45) is 0 Å². The lowest BCUT2D eigenvalue weighted by Crippen LogP contribution is -2.15. The number of rotatable bonds is 21. The summed E-state index contributed by atoms with van der Waals surface area (Å²) in [5, 5.41) is 0. The molecule has 212 valence electrons. The maximum absolute atomic E-state index is 11.9. The van der Waals surface area contributed by atoms with Gasteiger partial charge in [0.25, 0.3) is 0 Å². The third-order valence-corrected chi connectivity index (χ3v) is 9.18. The first-order valence-electron chi connectivity index (χ1n) is 13.6. The van der Waals surface area contributed by atoms with Gasteiger partial charge in [-0.15, -0.1) is 0 Å². The Bertz CT molecular complexity index is 791. The highest BCUT2D eigenvalue weighted by atomic mass is 31.3. The van der Waals surface area contributed by atoms with Gasteiger partial charge in [-0.1, -0.05) is 81.6 Å². The zero-order valence-electron chi connectivity index (χ0n) is 23.2. The summed E-state index contributed by atoms with van der Waals surface area (Å²) in [5.74, 6) is 0. The monoisotopic (exact) mass is 551 g/mol. The molecule has 2 unspecified atom stereocenters. The molecule has 1 fully saturated rings. The summed E-state index contributed by atoms with van der Waals surface area (Å²) in [6.07, 6.45) is 19.6. The van der Waals surface area contributed by atoms with Crippen LogP contribution in [0.4, 0.5) is 0 Å². The Hall–Kier alpha value is -0.300. The van der Waals surface area contributed by atoms with Gasteiger partial charge in [-0.05, 0) is 66.3 Å². The summed E-state index contributed by atoms with van der Waals surface area (Å²) in [7, 11) is -9.95. The molecule has 0 aliphatic carbocycles. The number of phosphoric acid groups is 2. The van der Waals surface area contributed by atoms with Crippen LogP contribution >= 0.6 is 15.6 Å².